The highest BCUT2D eigenvalue weighted by Gasteiger charge is 2.39. The number of hydrogen-bond acceptors (Lipinski definition) is 3. The summed E-state index contributed by atoms with van der Waals surface area (Å²) in [5.74, 6) is 0. The predicted molar refractivity (Wildman–Crippen MR) is 340 cm³/mol. The average molecular weight is 1040 g/mol. The second kappa shape index (κ2) is 19.3. The molecule has 81 heavy (non-hydrogen) atoms. The monoisotopic (exact) mass is 1040 g/mol. The van der Waals surface area contributed by atoms with Crippen molar-refractivity contribution in [2.24, 2.45) is 0 Å². The van der Waals surface area contributed by atoms with Gasteiger partial charge in [-0.1, -0.05) is 187 Å². The van der Waals surface area contributed by atoms with E-state index in [2.05, 4.69) is 258 Å². The Labute approximate surface area is 477 Å². The van der Waals surface area contributed by atoms with Crippen LogP contribution in [-0.2, 0) is 16.2 Å². The maximum Gasteiger partial charge on any atom is 0.187 e. The second-order valence-electron chi connectivity index (χ2n) is 23.9. The van der Waals surface area contributed by atoms with E-state index in [9.17, 15) is 5.26 Å². The largest absolute Gasteiger partial charge is 0.311 e. The molecule has 4 heteroatoms. The minimum atomic E-state index is -0.219. The van der Waals surface area contributed by atoms with Crippen LogP contribution in [0.5, 0.6) is 0 Å². The molecule has 0 aliphatic heterocycles. The van der Waals surface area contributed by atoms with E-state index in [-0.39, 0.29) is 16.2 Å². The summed E-state index contributed by atoms with van der Waals surface area (Å²) in [5, 5.41) is 9.55. The highest BCUT2D eigenvalue weighted by molar-refractivity contribution is 5.90. The van der Waals surface area contributed by atoms with Gasteiger partial charge in [-0.3, -0.25) is 0 Å². The Morgan fingerprint density at radius 2 is 0.654 bits per heavy atom. The fraction of sp³-hybridized carbons (Fsp3) is 0.143. The maximum atomic E-state index is 9.55. The lowest BCUT2D eigenvalue weighted by molar-refractivity contribution is 0.660. The van der Waals surface area contributed by atoms with Crippen LogP contribution in [0.3, 0.4) is 0 Å². The summed E-state index contributed by atoms with van der Waals surface area (Å²) in [5.41, 5.74) is 29.9. The molecule has 0 heterocycles. The van der Waals surface area contributed by atoms with Crippen molar-refractivity contribution in [2.75, 3.05) is 9.80 Å². The third-order valence-electron chi connectivity index (χ3n) is 17.6. The average Bonchev–Trinajstić information content (AvgIpc) is 3.44. The van der Waals surface area contributed by atoms with Gasteiger partial charge >= 0.3 is 0 Å². The molecule has 0 bridgehead atoms. The van der Waals surface area contributed by atoms with Crippen LogP contribution in [0.1, 0.15) is 114 Å². The Hall–Kier alpha value is -9.74. The number of nitrogens with zero attached hydrogens (tertiary/aromatic N) is 4. The van der Waals surface area contributed by atoms with E-state index in [1.165, 1.54) is 100 Å². The third-order valence-corrected chi connectivity index (χ3v) is 17.6. The molecule has 0 unspecified atom stereocenters. The van der Waals surface area contributed by atoms with Gasteiger partial charge in [0.2, 0.25) is 0 Å². The van der Waals surface area contributed by atoms with Crippen LogP contribution < -0.4 is 9.80 Å². The van der Waals surface area contributed by atoms with E-state index < -0.39 is 0 Å². The number of aryl methyl sites for hydroxylation is 2. The summed E-state index contributed by atoms with van der Waals surface area (Å²) < 4.78 is 0. The molecule has 0 fully saturated rings. The highest BCUT2D eigenvalue weighted by atomic mass is 15.1. The van der Waals surface area contributed by atoms with Crippen molar-refractivity contribution < 1.29 is 0 Å². The van der Waals surface area contributed by atoms with Gasteiger partial charge in [-0.05, 0) is 199 Å². The van der Waals surface area contributed by atoms with Crippen LogP contribution in [0.25, 0.3) is 62.5 Å². The summed E-state index contributed by atoms with van der Waals surface area (Å²) in [6.07, 6.45) is 9.08. The molecule has 0 saturated heterocycles. The molecule has 3 aliphatic rings. The van der Waals surface area contributed by atoms with Gasteiger partial charge in [0, 0.05) is 50.4 Å². The topological polar surface area (TPSA) is 34.6 Å². The maximum absolute atomic E-state index is 9.55. The standard InChI is InChI=1S/C77H62N4/c1-49-12-10-14-59(40-49)80(57-28-20-55(48-78)21-29-57)61-32-38-67-65-36-24-53(44-71(65)76(5,6)73(67)46-61)18-16-51-22-34-63-64-35-23-52(43-70(64)75(3,4)69(63)42-51)17-19-54-25-37-66-68-39-33-62(47-74(68)77(7,8)72(66)45-54)81(60-15-11-13-50(2)41-60)58-30-26-56(79-9)27-31-58/h10-47H,1-8H3/b18-16+,19-17+. The van der Waals surface area contributed by atoms with Crippen LogP contribution in [-0.4, -0.2) is 0 Å². The summed E-state index contributed by atoms with van der Waals surface area (Å²) >= 11 is 0. The zero-order chi connectivity index (χ0) is 56.0. The second-order valence-corrected chi connectivity index (χ2v) is 23.9. The molecule has 0 atom stereocenters. The van der Waals surface area contributed by atoms with Crippen molar-refractivity contribution >= 4 is 64.1 Å². The number of benzene rings is 10. The third kappa shape index (κ3) is 8.68. The molecule has 0 spiro atoms. The molecular formula is C77H62N4. The van der Waals surface area contributed by atoms with Gasteiger partial charge in [0.05, 0.1) is 18.2 Å². The Morgan fingerprint density at radius 3 is 0.975 bits per heavy atom. The first-order valence-corrected chi connectivity index (χ1v) is 28.0. The number of hydrogen-bond donors (Lipinski definition) is 0. The highest BCUT2D eigenvalue weighted by Crippen LogP contribution is 2.54. The van der Waals surface area contributed by atoms with E-state index in [0.29, 0.717) is 11.3 Å². The van der Waals surface area contributed by atoms with Crippen LogP contribution in [0.4, 0.5) is 39.8 Å². The molecule has 0 radical (unpaired) electrons. The molecule has 3 aliphatic carbocycles. The van der Waals surface area contributed by atoms with Crippen LogP contribution in [0.2, 0.25) is 0 Å². The Kier molecular flexibility index (Phi) is 12.1. The van der Waals surface area contributed by atoms with Crippen LogP contribution >= 0.6 is 0 Å². The Morgan fingerprint density at radius 1 is 0.358 bits per heavy atom. The van der Waals surface area contributed by atoms with E-state index in [1.54, 1.807) is 0 Å². The minimum absolute atomic E-state index is 0.173. The first kappa shape index (κ1) is 50.7. The fourth-order valence-electron chi connectivity index (χ4n) is 13.1. The van der Waals surface area contributed by atoms with Crippen molar-refractivity contribution in [3.05, 3.63) is 290 Å². The van der Waals surface area contributed by atoms with Crippen molar-refractivity contribution in [3.8, 4) is 39.4 Å². The van der Waals surface area contributed by atoms with Crippen LogP contribution in [0, 0.1) is 31.8 Å². The molecule has 13 rings (SSSR count). The lowest BCUT2D eigenvalue weighted by atomic mass is 9.81. The van der Waals surface area contributed by atoms with Gasteiger partial charge in [0.1, 0.15) is 0 Å². The zero-order valence-corrected chi connectivity index (χ0v) is 47.2. The van der Waals surface area contributed by atoms with Gasteiger partial charge in [-0.15, -0.1) is 0 Å². The molecular weight excluding hydrogens is 981 g/mol. The minimum Gasteiger partial charge on any atom is -0.311 e. The molecule has 10 aromatic rings. The Bertz CT molecular complexity index is 4080. The quantitative estimate of drug-likeness (QED) is 0.101. The number of anilines is 6. The number of rotatable bonds is 10. The molecule has 0 aromatic heterocycles. The van der Waals surface area contributed by atoms with E-state index >= 15 is 0 Å². The first-order chi connectivity index (χ1) is 39.1. The van der Waals surface area contributed by atoms with E-state index in [0.717, 1.165) is 34.1 Å². The molecule has 0 saturated carbocycles. The smallest absolute Gasteiger partial charge is 0.187 e. The first-order valence-electron chi connectivity index (χ1n) is 28.0. The molecule has 4 nitrogen and oxygen atoms in total. The van der Waals surface area contributed by atoms with Gasteiger partial charge in [-0.2, -0.15) is 5.26 Å². The van der Waals surface area contributed by atoms with Crippen molar-refractivity contribution in [1.29, 1.82) is 5.26 Å². The zero-order valence-electron chi connectivity index (χ0n) is 47.2. The summed E-state index contributed by atoms with van der Waals surface area (Å²) in [6.45, 7) is 25.9. The van der Waals surface area contributed by atoms with Crippen LogP contribution in [0.15, 0.2) is 206 Å². The fourth-order valence-corrected chi connectivity index (χ4v) is 13.1. The number of nitriles is 1. The predicted octanol–water partition coefficient (Wildman–Crippen LogP) is 20.9. The Balaban J connectivity index is 0.730. The molecule has 0 amide bonds. The van der Waals surface area contributed by atoms with Gasteiger partial charge in [-0.25, -0.2) is 4.85 Å². The number of fused-ring (bicyclic) bond motifs is 9. The lowest BCUT2D eigenvalue weighted by Crippen LogP contribution is -2.16. The van der Waals surface area contributed by atoms with Crippen molar-refractivity contribution in [1.82, 2.24) is 0 Å². The summed E-state index contributed by atoms with van der Waals surface area (Å²) in [6, 6.07) is 76.9. The summed E-state index contributed by atoms with van der Waals surface area (Å²) in [7, 11) is 0. The van der Waals surface area contributed by atoms with Crippen molar-refractivity contribution in [3.63, 3.8) is 0 Å². The molecule has 10 aromatic carbocycles. The summed E-state index contributed by atoms with van der Waals surface area (Å²) in [4.78, 5) is 8.24. The van der Waals surface area contributed by atoms with Crippen molar-refractivity contribution in [2.45, 2.75) is 71.6 Å². The van der Waals surface area contributed by atoms with Gasteiger partial charge < -0.3 is 9.80 Å². The normalized spacial score (nSPS) is 14.3. The van der Waals surface area contributed by atoms with E-state index in [1.807, 2.05) is 48.5 Å². The molecule has 0 N–H and O–H groups in total. The van der Waals surface area contributed by atoms with Gasteiger partial charge in [0.15, 0.2) is 5.69 Å². The lowest BCUT2D eigenvalue weighted by Gasteiger charge is -2.28. The SMILES string of the molecule is [C-]#[N+]c1ccc(N(c2cccc(C)c2)c2ccc3c(c2)C(C)(C)c2cc(/C=C/c4ccc5c(c4)C(C)(C)c4cc(/C=C/c6ccc7c(c6)C(C)(C)c6cc(N(c8ccc(C#N)cc8)c8cccc(C)c8)ccc6-7)ccc4-5)ccc2-3)cc1. The van der Waals surface area contributed by atoms with E-state index in [4.69, 9.17) is 6.57 Å². The molecule has 390 valence electrons. The van der Waals surface area contributed by atoms with Gasteiger partial charge in [0.25, 0.3) is 0 Å².